The van der Waals surface area contributed by atoms with E-state index in [0.29, 0.717) is 5.56 Å². The van der Waals surface area contributed by atoms with Crippen LogP contribution in [0.15, 0.2) is 36.5 Å². The molecule has 23 heavy (non-hydrogen) atoms. The van der Waals surface area contributed by atoms with Crippen molar-refractivity contribution in [2.45, 2.75) is 0 Å². The molecular weight excluding hydrogens is 300 g/mol. The van der Waals surface area contributed by atoms with Gasteiger partial charge in [-0.15, -0.1) is 0 Å². The molecule has 0 unspecified atom stereocenters. The van der Waals surface area contributed by atoms with E-state index < -0.39 is 4.92 Å². The summed E-state index contributed by atoms with van der Waals surface area (Å²) >= 11 is 0. The quantitative estimate of drug-likeness (QED) is 0.388. The van der Waals surface area contributed by atoms with Gasteiger partial charge >= 0.3 is 0 Å². The Kier molecular flexibility index (Phi) is 3.41. The van der Waals surface area contributed by atoms with Gasteiger partial charge < -0.3 is 9.84 Å². The largest absolute Gasteiger partial charge is 0.504 e. The fourth-order valence-electron chi connectivity index (χ4n) is 2.30. The molecule has 0 saturated heterocycles. The van der Waals surface area contributed by atoms with E-state index in [2.05, 4.69) is 10.2 Å². The number of hydrogen-bond donors (Lipinski definition) is 3. The number of rotatable bonds is 4. The van der Waals surface area contributed by atoms with Gasteiger partial charge in [0, 0.05) is 17.0 Å². The van der Waals surface area contributed by atoms with Crippen LogP contribution < -0.4 is 4.74 Å². The molecule has 0 radical (unpaired) electrons. The number of benzene rings is 2. The third-order valence-corrected chi connectivity index (χ3v) is 3.49. The van der Waals surface area contributed by atoms with Crippen LogP contribution in [-0.2, 0) is 0 Å². The van der Waals surface area contributed by atoms with Crippen molar-refractivity contribution in [2.75, 3.05) is 7.11 Å². The number of non-ortho nitro benzene ring substituents is 1. The molecule has 0 atom stereocenters. The minimum atomic E-state index is -0.599. The summed E-state index contributed by atoms with van der Waals surface area (Å²) in [5.74, 6) is -0.362. The summed E-state index contributed by atoms with van der Waals surface area (Å²) in [6.07, 6.45) is 1.61. The summed E-state index contributed by atoms with van der Waals surface area (Å²) in [7, 11) is 1.30. The van der Waals surface area contributed by atoms with E-state index in [9.17, 15) is 15.2 Å². The van der Waals surface area contributed by atoms with E-state index in [-0.39, 0.29) is 28.5 Å². The highest BCUT2D eigenvalue weighted by Gasteiger charge is 2.20. The second-order valence-corrected chi connectivity index (χ2v) is 4.85. The second-order valence-electron chi connectivity index (χ2n) is 4.85. The van der Waals surface area contributed by atoms with E-state index >= 15 is 0 Å². The van der Waals surface area contributed by atoms with Crippen molar-refractivity contribution >= 4 is 22.3 Å². The summed E-state index contributed by atoms with van der Waals surface area (Å²) < 4.78 is 4.95. The van der Waals surface area contributed by atoms with Gasteiger partial charge in [-0.2, -0.15) is 5.10 Å². The fraction of sp³-hybridized carbons (Fsp3) is 0.0667. The number of hydrogen-bond acceptors (Lipinski definition) is 6. The Morgan fingerprint density at radius 2 is 2.17 bits per heavy atom. The summed E-state index contributed by atoms with van der Waals surface area (Å²) in [4.78, 5) is 10.4. The van der Waals surface area contributed by atoms with Crippen molar-refractivity contribution in [3.63, 3.8) is 0 Å². The molecule has 8 nitrogen and oxygen atoms in total. The molecule has 0 aliphatic rings. The van der Waals surface area contributed by atoms with Crippen molar-refractivity contribution in [2.24, 2.45) is 0 Å². The van der Waals surface area contributed by atoms with Crippen LogP contribution >= 0.6 is 0 Å². The summed E-state index contributed by atoms with van der Waals surface area (Å²) in [6, 6.07) is 7.41. The maximum atomic E-state index is 11.0. The van der Waals surface area contributed by atoms with Crippen LogP contribution in [-0.4, -0.2) is 33.0 Å². The Hall–Kier alpha value is -3.42. The van der Waals surface area contributed by atoms with Gasteiger partial charge in [0.2, 0.25) is 0 Å². The molecule has 116 valence electrons. The van der Waals surface area contributed by atoms with Gasteiger partial charge in [-0.1, -0.05) is 6.07 Å². The Balaban J connectivity index is 2.14. The number of phenols is 1. The molecular formula is C15H12N4O4. The highest BCUT2D eigenvalue weighted by molar-refractivity contribution is 6.14. The molecule has 0 aliphatic carbocycles. The first kappa shape index (κ1) is 14.5. The van der Waals surface area contributed by atoms with Crippen LogP contribution in [0.5, 0.6) is 11.5 Å². The normalized spacial score (nSPS) is 10.7. The van der Waals surface area contributed by atoms with Crippen LogP contribution in [0, 0.1) is 15.5 Å². The lowest BCUT2D eigenvalue weighted by Gasteiger charge is -2.10. The molecule has 0 fully saturated rings. The van der Waals surface area contributed by atoms with Crippen LogP contribution in [0.3, 0.4) is 0 Å². The van der Waals surface area contributed by atoms with Gasteiger partial charge in [0.05, 0.1) is 41.1 Å². The van der Waals surface area contributed by atoms with Crippen molar-refractivity contribution in [1.29, 1.82) is 5.41 Å². The molecule has 3 aromatic rings. The fourth-order valence-corrected chi connectivity index (χ4v) is 2.30. The molecule has 3 rings (SSSR count). The molecule has 1 heterocycles. The average Bonchev–Trinajstić information content (AvgIpc) is 3.01. The molecule has 0 amide bonds. The maximum Gasteiger partial charge on any atom is 0.274 e. The van der Waals surface area contributed by atoms with Crippen molar-refractivity contribution in [3.05, 3.63) is 57.8 Å². The number of fused-ring (bicyclic) bond motifs is 1. The van der Waals surface area contributed by atoms with Gasteiger partial charge in [0.15, 0.2) is 11.5 Å². The van der Waals surface area contributed by atoms with Crippen molar-refractivity contribution in [1.82, 2.24) is 10.2 Å². The van der Waals surface area contributed by atoms with Gasteiger partial charge in [-0.3, -0.25) is 20.6 Å². The Labute approximate surface area is 130 Å². The Morgan fingerprint density at radius 3 is 2.87 bits per heavy atom. The van der Waals surface area contributed by atoms with Gasteiger partial charge in [-0.05, 0) is 12.1 Å². The lowest BCUT2D eigenvalue weighted by Crippen LogP contribution is -2.04. The lowest BCUT2D eigenvalue weighted by molar-refractivity contribution is -0.385. The molecule has 2 aromatic carbocycles. The van der Waals surface area contributed by atoms with Crippen LogP contribution in [0.1, 0.15) is 11.1 Å². The molecule has 3 N–H and O–H groups in total. The first-order valence-corrected chi connectivity index (χ1v) is 6.59. The first-order chi connectivity index (χ1) is 11.0. The molecule has 0 aliphatic heterocycles. The third kappa shape index (κ3) is 2.46. The summed E-state index contributed by atoms with van der Waals surface area (Å²) in [5.41, 5.74) is 1.02. The Bertz CT molecular complexity index is 932. The smallest absolute Gasteiger partial charge is 0.274 e. The van der Waals surface area contributed by atoms with Crippen LogP contribution in [0.25, 0.3) is 10.9 Å². The molecule has 8 heteroatoms. The third-order valence-electron chi connectivity index (χ3n) is 3.49. The molecule has 1 aromatic heterocycles. The summed E-state index contributed by atoms with van der Waals surface area (Å²) in [5, 5.41) is 37.0. The number of H-pyrrole nitrogens is 1. The summed E-state index contributed by atoms with van der Waals surface area (Å²) in [6.45, 7) is 0. The van der Waals surface area contributed by atoms with E-state index in [0.717, 1.165) is 23.0 Å². The highest BCUT2D eigenvalue weighted by Crippen LogP contribution is 2.35. The number of methoxy groups -OCH3 is 1. The lowest BCUT2D eigenvalue weighted by atomic mass is 9.99. The van der Waals surface area contributed by atoms with Crippen molar-refractivity contribution in [3.8, 4) is 11.5 Å². The number of ether oxygens (including phenoxy) is 1. The number of aromatic nitrogens is 2. The minimum Gasteiger partial charge on any atom is -0.504 e. The van der Waals surface area contributed by atoms with E-state index in [4.69, 9.17) is 10.1 Å². The predicted molar refractivity (Wildman–Crippen MR) is 83.3 cm³/mol. The van der Waals surface area contributed by atoms with E-state index in [1.165, 1.54) is 7.11 Å². The number of nitrogens with one attached hydrogen (secondary N) is 2. The van der Waals surface area contributed by atoms with E-state index in [1.807, 2.05) is 0 Å². The number of nitrogens with zero attached hydrogens (tertiary/aromatic N) is 2. The number of aromatic hydroxyl groups is 1. The SMILES string of the molecule is COc1cc([N+](=O)[O-])cc(C(=N)c2ccc3[nH]ncc3c2)c1O. The number of aromatic amines is 1. The zero-order chi connectivity index (χ0) is 16.6. The highest BCUT2D eigenvalue weighted by atomic mass is 16.6. The topological polar surface area (TPSA) is 125 Å². The zero-order valence-electron chi connectivity index (χ0n) is 12.0. The van der Waals surface area contributed by atoms with Crippen LogP contribution in [0.4, 0.5) is 5.69 Å². The van der Waals surface area contributed by atoms with Gasteiger partial charge in [0.25, 0.3) is 5.69 Å². The van der Waals surface area contributed by atoms with Gasteiger partial charge in [0.1, 0.15) is 0 Å². The molecule has 0 bridgehead atoms. The second kappa shape index (κ2) is 5.41. The standard InChI is InChI=1S/C15H12N4O4/c1-23-13-6-10(19(21)22)5-11(15(13)20)14(16)8-2-3-12-9(4-8)7-17-18-12/h2-7,16,20H,1H3,(H,17,18). The maximum absolute atomic E-state index is 11.0. The van der Waals surface area contributed by atoms with Gasteiger partial charge in [-0.25, -0.2) is 0 Å². The number of phenolic OH excluding ortho intramolecular Hbond substituents is 1. The number of nitro benzene ring substituents is 1. The zero-order valence-corrected chi connectivity index (χ0v) is 12.0. The Morgan fingerprint density at radius 1 is 1.39 bits per heavy atom. The molecule has 0 spiro atoms. The molecule has 0 saturated carbocycles. The monoisotopic (exact) mass is 312 g/mol. The average molecular weight is 312 g/mol. The predicted octanol–water partition coefficient (Wildman–Crippen LogP) is 2.60. The number of nitro groups is 1. The first-order valence-electron chi connectivity index (χ1n) is 6.59. The van der Waals surface area contributed by atoms with E-state index in [1.54, 1.807) is 24.4 Å². The van der Waals surface area contributed by atoms with Crippen LogP contribution in [0.2, 0.25) is 0 Å². The van der Waals surface area contributed by atoms with Crippen molar-refractivity contribution < 1.29 is 14.8 Å². The minimum absolute atomic E-state index is 0.0268.